The second-order valence-corrected chi connectivity index (χ2v) is 11.1. The van der Waals surface area contributed by atoms with Crippen LogP contribution in [0.2, 0.25) is 0 Å². The lowest BCUT2D eigenvalue weighted by atomic mass is 9.57. The third-order valence-electron chi connectivity index (χ3n) is 8.48. The van der Waals surface area contributed by atoms with E-state index in [4.69, 9.17) is 9.47 Å². The van der Waals surface area contributed by atoms with Gasteiger partial charge in [0.05, 0.1) is 24.0 Å². The molecule has 178 valence electrons. The lowest BCUT2D eigenvalue weighted by Gasteiger charge is -2.52. The lowest BCUT2D eigenvalue weighted by Crippen LogP contribution is -2.54. The molecule has 0 bridgehead atoms. The number of hydrogen-bond donors (Lipinski definition) is 2. The van der Waals surface area contributed by atoms with E-state index in [1.165, 1.54) is 0 Å². The van der Waals surface area contributed by atoms with Gasteiger partial charge in [-0.2, -0.15) is 0 Å². The normalized spacial score (nSPS) is 41.3. The highest BCUT2D eigenvalue weighted by Gasteiger charge is 2.51. The summed E-state index contributed by atoms with van der Waals surface area (Å²) in [6, 6.07) is 0. The van der Waals surface area contributed by atoms with E-state index < -0.39 is 11.5 Å². The molecule has 2 saturated carbocycles. The Morgan fingerprint density at radius 2 is 1.84 bits per heavy atom. The molecule has 0 aromatic carbocycles. The van der Waals surface area contributed by atoms with Gasteiger partial charge >= 0.3 is 11.9 Å². The number of ether oxygens (including phenoxy) is 2. The molecule has 3 fully saturated rings. The van der Waals surface area contributed by atoms with Crippen molar-refractivity contribution in [2.45, 2.75) is 110 Å². The molecule has 6 nitrogen and oxygen atoms in total. The highest BCUT2D eigenvalue weighted by atomic mass is 16.6. The molecule has 1 unspecified atom stereocenters. The van der Waals surface area contributed by atoms with Crippen LogP contribution in [0.5, 0.6) is 0 Å². The van der Waals surface area contributed by atoms with Crippen LogP contribution in [0.15, 0.2) is 0 Å². The van der Waals surface area contributed by atoms with Crippen molar-refractivity contribution in [3.63, 3.8) is 0 Å². The number of hydrogen-bond acceptors (Lipinski definition) is 6. The summed E-state index contributed by atoms with van der Waals surface area (Å²) in [4.78, 5) is 24.7. The summed E-state index contributed by atoms with van der Waals surface area (Å²) in [5.41, 5.74) is -0.517. The molecule has 0 aromatic heterocycles. The Hall–Kier alpha value is -1.14. The lowest BCUT2D eigenvalue weighted by molar-refractivity contribution is -0.183. The molecule has 1 heterocycles. The zero-order chi connectivity index (χ0) is 22.9. The van der Waals surface area contributed by atoms with Crippen LogP contribution in [0.1, 0.15) is 86.0 Å². The molecule has 0 radical (unpaired) electrons. The van der Waals surface area contributed by atoms with Crippen molar-refractivity contribution >= 4 is 11.9 Å². The van der Waals surface area contributed by atoms with Crippen LogP contribution in [0, 0.1) is 35.0 Å². The number of fused-ring (bicyclic) bond motifs is 1. The van der Waals surface area contributed by atoms with E-state index in [2.05, 4.69) is 13.8 Å². The standard InChI is InChI=1S/C25H42O6/c1-6-25(4,5)24(29)31-20-11-15(3)23(28)19-9-7-14(2)18(22(19)20)10-8-17-12-16(26)13-21(27)30-17/h14-20,22-23,26,28H,6-13H2,1-5H3/t14-,15+,16+,17+,18-,19+,20-,22?,23+/m0/s1. The minimum atomic E-state index is -0.620. The highest BCUT2D eigenvalue weighted by molar-refractivity contribution is 5.76. The van der Waals surface area contributed by atoms with Crippen LogP contribution < -0.4 is 0 Å². The average molecular weight is 439 g/mol. The van der Waals surface area contributed by atoms with Crippen molar-refractivity contribution in [3.05, 3.63) is 0 Å². The van der Waals surface area contributed by atoms with Gasteiger partial charge in [0.1, 0.15) is 12.2 Å². The van der Waals surface area contributed by atoms with Crippen molar-refractivity contribution < 1.29 is 29.3 Å². The SMILES string of the molecule is CCC(C)(C)C(=O)O[C@H]1C[C@@H](C)[C@@H](O)[C@@H]2CC[C@H](C)[C@H](CC[C@@H]3C[C@@H](O)CC(=O)O3)C12. The van der Waals surface area contributed by atoms with Crippen molar-refractivity contribution in [3.8, 4) is 0 Å². The van der Waals surface area contributed by atoms with Crippen LogP contribution in [0.25, 0.3) is 0 Å². The number of carbonyl (C=O) groups excluding carboxylic acids is 2. The molecule has 3 aliphatic rings. The first kappa shape index (κ1) is 24.5. The van der Waals surface area contributed by atoms with Crippen molar-refractivity contribution in [1.82, 2.24) is 0 Å². The summed E-state index contributed by atoms with van der Waals surface area (Å²) in [5, 5.41) is 20.9. The van der Waals surface area contributed by atoms with E-state index in [1.54, 1.807) is 0 Å². The van der Waals surface area contributed by atoms with Crippen molar-refractivity contribution in [1.29, 1.82) is 0 Å². The molecule has 1 aliphatic heterocycles. The third-order valence-corrected chi connectivity index (χ3v) is 8.48. The predicted octanol–water partition coefficient (Wildman–Crippen LogP) is 3.86. The first-order valence-electron chi connectivity index (χ1n) is 12.3. The Morgan fingerprint density at radius 3 is 2.48 bits per heavy atom. The number of esters is 2. The van der Waals surface area contributed by atoms with Crippen LogP contribution >= 0.6 is 0 Å². The zero-order valence-corrected chi connectivity index (χ0v) is 19.9. The Labute approximate surface area is 187 Å². The maximum absolute atomic E-state index is 12.9. The fourth-order valence-electron chi connectivity index (χ4n) is 6.05. The molecule has 1 saturated heterocycles. The van der Waals surface area contributed by atoms with E-state index >= 15 is 0 Å². The van der Waals surface area contributed by atoms with E-state index in [0.29, 0.717) is 31.1 Å². The zero-order valence-electron chi connectivity index (χ0n) is 19.9. The van der Waals surface area contributed by atoms with Crippen LogP contribution in [0.4, 0.5) is 0 Å². The summed E-state index contributed by atoms with van der Waals surface area (Å²) >= 11 is 0. The number of rotatable bonds is 6. The predicted molar refractivity (Wildman–Crippen MR) is 117 cm³/mol. The first-order chi connectivity index (χ1) is 14.5. The van der Waals surface area contributed by atoms with Gasteiger partial charge in [0.15, 0.2) is 0 Å². The van der Waals surface area contributed by atoms with Gasteiger partial charge in [-0.15, -0.1) is 0 Å². The number of carbonyl (C=O) groups is 2. The third kappa shape index (κ3) is 5.44. The fourth-order valence-corrected chi connectivity index (χ4v) is 6.05. The Balaban J connectivity index is 1.77. The van der Waals surface area contributed by atoms with E-state index in [-0.39, 0.29) is 54.4 Å². The molecular formula is C25H42O6. The molecule has 31 heavy (non-hydrogen) atoms. The summed E-state index contributed by atoms with van der Waals surface area (Å²) in [6.07, 6.45) is 4.10. The maximum atomic E-state index is 12.9. The molecule has 0 amide bonds. The van der Waals surface area contributed by atoms with Gasteiger partial charge in [-0.25, -0.2) is 0 Å². The van der Waals surface area contributed by atoms with Gasteiger partial charge in [-0.05, 0) is 69.6 Å². The highest BCUT2D eigenvalue weighted by Crippen LogP contribution is 2.51. The molecule has 9 atom stereocenters. The van der Waals surface area contributed by atoms with Crippen LogP contribution in [-0.4, -0.2) is 46.6 Å². The molecule has 3 rings (SSSR count). The largest absolute Gasteiger partial charge is 0.462 e. The Kier molecular flexibility index (Phi) is 7.73. The monoisotopic (exact) mass is 438 g/mol. The minimum Gasteiger partial charge on any atom is -0.462 e. The number of aliphatic hydroxyl groups excluding tert-OH is 2. The van der Waals surface area contributed by atoms with Gasteiger partial charge in [0.25, 0.3) is 0 Å². The van der Waals surface area contributed by atoms with Gasteiger partial charge in [0.2, 0.25) is 0 Å². The number of cyclic esters (lactones) is 1. The average Bonchev–Trinajstić information content (AvgIpc) is 2.69. The Bertz CT molecular complexity index is 646. The quantitative estimate of drug-likeness (QED) is 0.612. The van der Waals surface area contributed by atoms with E-state index in [1.807, 2.05) is 20.8 Å². The van der Waals surface area contributed by atoms with Gasteiger partial charge in [-0.1, -0.05) is 27.2 Å². The molecule has 0 aromatic rings. The fraction of sp³-hybridized carbons (Fsp3) is 0.920. The second-order valence-electron chi connectivity index (χ2n) is 11.1. The summed E-state index contributed by atoms with van der Waals surface area (Å²) in [5.74, 6) is 0.625. The summed E-state index contributed by atoms with van der Waals surface area (Å²) < 4.78 is 11.6. The van der Waals surface area contributed by atoms with Crippen LogP contribution in [-0.2, 0) is 19.1 Å². The maximum Gasteiger partial charge on any atom is 0.311 e. The molecule has 6 heteroatoms. The number of aliphatic hydroxyl groups is 2. The molecule has 0 spiro atoms. The smallest absolute Gasteiger partial charge is 0.311 e. The molecule has 2 N–H and O–H groups in total. The van der Waals surface area contributed by atoms with E-state index in [0.717, 1.165) is 25.7 Å². The van der Waals surface area contributed by atoms with Crippen LogP contribution in [0.3, 0.4) is 0 Å². The summed E-state index contributed by atoms with van der Waals surface area (Å²) in [6.45, 7) is 10.2. The van der Waals surface area contributed by atoms with Gasteiger partial charge in [0, 0.05) is 12.3 Å². The van der Waals surface area contributed by atoms with E-state index in [9.17, 15) is 19.8 Å². The topological polar surface area (TPSA) is 93.1 Å². The van der Waals surface area contributed by atoms with Crippen molar-refractivity contribution in [2.75, 3.05) is 0 Å². The molecular weight excluding hydrogens is 396 g/mol. The van der Waals surface area contributed by atoms with Crippen molar-refractivity contribution in [2.24, 2.45) is 35.0 Å². The first-order valence-corrected chi connectivity index (χ1v) is 12.3. The molecule has 2 aliphatic carbocycles. The van der Waals surface area contributed by atoms with Gasteiger partial charge < -0.3 is 19.7 Å². The minimum absolute atomic E-state index is 0.0797. The summed E-state index contributed by atoms with van der Waals surface area (Å²) in [7, 11) is 0. The Morgan fingerprint density at radius 1 is 1.13 bits per heavy atom. The second kappa shape index (κ2) is 9.78. The van der Waals surface area contributed by atoms with Gasteiger partial charge in [-0.3, -0.25) is 9.59 Å².